The molecule has 0 unspecified atom stereocenters. The van der Waals surface area contributed by atoms with Crippen LogP contribution < -0.4 is 11.1 Å². The number of thiocarbonyl (C=S) groups is 1. The summed E-state index contributed by atoms with van der Waals surface area (Å²) in [5, 5.41) is 2.36. The molecule has 0 aromatic heterocycles. The summed E-state index contributed by atoms with van der Waals surface area (Å²) in [6.07, 6.45) is 0.863. The fourth-order valence-corrected chi connectivity index (χ4v) is 2.95. The topological polar surface area (TPSA) is 75.4 Å². The van der Waals surface area contributed by atoms with Gasteiger partial charge in [-0.2, -0.15) is 0 Å². The molecule has 0 bridgehead atoms. The number of imide groups is 1. The van der Waals surface area contributed by atoms with Crippen LogP contribution in [0, 0.1) is 0 Å². The highest BCUT2D eigenvalue weighted by molar-refractivity contribution is 7.80. The van der Waals surface area contributed by atoms with E-state index in [0.29, 0.717) is 30.1 Å². The number of hydrogen-bond acceptors (Lipinski definition) is 4. The van der Waals surface area contributed by atoms with Crippen LogP contribution in [0.1, 0.15) is 24.0 Å². The molecule has 3 N–H and O–H groups in total. The van der Waals surface area contributed by atoms with Crippen LogP contribution in [-0.4, -0.2) is 27.7 Å². The number of nitrogen functional groups attached to an aromatic ring is 1. The van der Waals surface area contributed by atoms with Crippen molar-refractivity contribution >= 4 is 34.7 Å². The molecular weight excluding hydrogens is 262 g/mol. The molecule has 1 saturated heterocycles. The Labute approximate surface area is 115 Å². The van der Waals surface area contributed by atoms with Crippen LogP contribution in [-0.2, 0) is 16.1 Å². The van der Waals surface area contributed by atoms with Gasteiger partial charge in [-0.05, 0) is 24.1 Å². The molecule has 3 rings (SSSR count). The molecule has 0 aliphatic carbocycles. The van der Waals surface area contributed by atoms with E-state index in [2.05, 4.69) is 5.32 Å². The van der Waals surface area contributed by atoms with E-state index in [1.54, 1.807) is 0 Å². The third kappa shape index (κ3) is 1.98. The van der Waals surface area contributed by atoms with E-state index < -0.39 is 0 Å². The van der Waals surface area contributed by atoms with Crippen molar-refractivity contribution in [2.75, 3.05) is 5.73 Å². The molecule has 1 aromatic rings. The maximum Gasteiger partial charge on any atom is 0.249 e. The van der Waals surface area contributed by atoms with Crippen molar-refractivity contribution in [1.82, 2.24) is 10.2 Å². The molecule has 2 amide bonds. The van der Waals surface area contributed by atoms with E-state index in [9.17, 15) is 9.59 Å². The lowest BCUT2D eigenvalue weighted by molar-refractivity contribution is -0.136. The van der Waals surface area contributed by atoms with Crippen molar-refractivity contribution in [1.29, 1.82) is 0 Å². The van der Waals surface area contributed by atoms with E-state index in [4.69, 9.17) is 18.0 Å². The largest absolute Gasteiger partial charge is 0.399 e. The first-order valence-electron chi connectivity index (χ1n) is 6.09. The van der Waals surface area contributed by atoms with Gasteiger partial charge in [0.1, 0.15) is 11.0 Å². The highest BCUT2D eigenvalue weighted by atomic mass is 32.1. The maximum absolute atomic E-state index is 11.9. The zero-order chi connectivity index (χ0) is 13.6. The summed E-state index contributed by atoms with van der Waals surface area (Å²) < 4.78 is 0. The quantitative estimate of drug-likeness (QED) is 0.445. The number of nitrogens with zero attached hydrogens (tertiary/aromatic N) is 1. The van der Waals surface area contributed by atoms with Crippen LogP contribution in [0.25, 0.3) is 0 Å². The van der Waals surface area contributed by atoms with Crippen molar-refractivity contribution in [3.8, 4) is 0 Å². The molecule has 19 heavy (non-hydrogen) atoms. The van der Waals surface area contributed by atoms with Gasteiger partial charge in [-0.3, -0.25) is 14.9 Å². The number of carbonyl (C=O) groups is 2. The number of piperidine rings is 1. The molecule has 1 fully saturated rings. The molecule has 2 heterocycles. The lowest BCUT2D eigenvalue weighted by atomic mass is 10.0. The lowest BCUT2D eigenvalue weighted by Gasteiger charge is -2.30. The Kier molecular flexibility index (Phi) is 2.74. The molecule has 98 valence electrons. The summed E-state index contributed by atoms with van der Waals surface area (Å²) in [5.41, 5.74) is 8.41. The van der Waals surface area contributed by atoms with Gasteiger partial charge in [-0.1, -0.05) is 18.3 Å². The maximum atomic E-state index is 11.9. The smallest absolute Gasteiger partial charge is 0.249 e. The normalized spacial score (nSPS) is 22.4. The van der Waals surface area contributed by atoms with Crippen LogP contribution in [0.2, 0.25) is 0 Å². The van der Waals surface area contributed by atoms with Crippen molar-refractivity contribution in [3.63, 3.8) is 0 Å². The van der Waals surface area contributed by atoms with Gasteiger partial charge in [0, 0.05) is 24.2 Å². The lowest BCUT2D eigenvalue weighted by Crippen LogP contribution is -2.52. The number of amides is 2. The second-order valence-corrected chi connectivity index (χ2v) is 5.20. The fraction of sp³-hybridized carbons (Fsp3) is 0.308. The Morgan fingerprint density at radius 1 is 1.37 bits per heavy atom. The summed E-state index contributed by atoms with van der Waals surface area (Å²) in [6, 6.07) is 5.24. The first-order valence-corrected chi connectivity index (χ1v) is 6.50. The van der Waals surface area contributed by atoms with Gasteiger partial charge in [-0.15, -0.1) is 0 Å². The molecule has 5 nitrogen and oxygen atoms in total. The third-order valence-electron chi connectivity index (χ3n) is 3.55. The molecule has 0 saturated carbocycles. The number of carbonyl (C=O) groups excluding carboxylic acids is 2. The van der Waals surface area contributed by atoms with Crippen molar-refractivity contribution < 1.29 is 9.59 Å². The Morgan fingerprint density at radius 2 is 2.16 bits per heavy atom. The van der Waals surface area contributed by atoms with Gasteiger partial charge in [0.05, 0.1) is 0 Å². The Hall–Kier alpha value is -1.95. The molecular formula is C13H13N3O2S. The molecule has 2 aliphatic rings. The van der Waals surface area contributed by atoms with Crippen molar-refractivity contribution in [2.45, 2.75) is 25.4 Å². The highest BCUT2D eigenvalue weighted by Crippen LogP contribution is 2.29. The molecule has 6 heteroatoms. The van der Waals surface area contributed by atoms with Gasteiger partial charge in [0.25, 0.3) is 0 Å². The number of benzene rings is 1. The van der Waals surface area contributed by atoms with E-state index in [1.165, 1.54) is 0 Å². The zero-order valence-electron chi connectivity index (χ0n) is 10.2. The number of rotatable bonds is 1. The second-order valence-electron chi connectivity index (χ2n) is 4.82. The van der Waals surface area contributed by atoms with Gasteiger partial charge in [-0.25, -0.2) is 0 Å². The Balaban J connectivity index is 1.88. The first kappa shape index (κ1) is 12.1. The number of anilines is 1. The molecule has 1 aromatic carbocycles. The van der Waals surface area contributed by atoms with E-state index in [1.807, 2.05) is 23.1 Å². The SMILES string of the molecule is Nc1ccc2c(c1)C(=S)N([C@@H]1CCC(=O)NC1=O)C2. The zero-order valence-corrected chi connectivity index (χ0v) is 11.0. The van der Waals surface area contributed by atoms with Crippen LogP contribution >= 0.6 is 12.2 Å². The number of nitrogens with two attached hydrogens (primary N) is 1. The third-order valence-corrected chi connectivity index (χ3v) is 4.01. The van der Waals surface area contributed by atoms with Crippen LogP contribution in [0.5, 0.6) is 0 Å². The number of hydrogen-bond donors (Lipinski definition) is 2. The van der Waals surface area contributed by atoms with Gasteiger partial charge < -0.3 is 10.6 Å². The monoisotopic (exact) mass is 275 g/mol. The van der Waals surface area contributed by atoms with E-state index >= 15 is 0 Å². The van der Waals surface area contributed by atoms with Gasteiger partial charge >= 0.3 is 0 Å². The number of fused-ring (bicyclic) bond motifs is 1. The summed E-state index contributed by atoms with van der Waals surface area (Å²) in [6.45, 7) is 0.598. The summed E-state index contributed by atoms with van der Waals surface area (Å²) in [4.78, 5) is 25.6. The molecule has 0 radical (unpaired) electrons. The Bertz CT molecular complexity index is 600. The summed E-state index contributed by atoms with van der Waals surface area (Å²) in [5.74, 6) is -0.479. The minimum absolute atomic E-state index is 0.215. The fourth-order valence-electron chi connectivity index (χ4n) is 2.57. The first-order chi connectivity index (χ1) is 9.06. The molecule has 1 atom stereocenters. The molecule has 2 aliphatic heterocycles. The van der Waals surface area contributed by atoms with Crippen LogP contribution in [0.3, 0.4) is 0 Å². The predicted molar refractivity (Wildman–Crippen MR) is 74.3 cm³/mol. The summed E-state index contributed by atoms with van der Waals surface area (Å²) in [7, 11) is 0. The van der Waals surface area contributed by atoms with E-state index in [-0.39, 0.29) is 17.9 Å². The average molecular weight is 275 g/mol. The second kappa shape index (κ2) is 4.31. The van der Waals surface area contributed by atoms with Gasteiger partial charge in [0.2, 0.25) is 11.8 Å². The summed E-state index contributed by atoms with van der Waals surface area (Å²) >= 11 is 5.42. The standard InChI is InChI=1S/C13H13N3O2S/c14-8-2-1-7-6-16(13(19)9(7)5-8)10-3-4-11(17)15-12(10)18/h1-2,5,10H,3-4,6,14H2,(H,15,17,18)/t10-/m1/s1. The Morgan fingerprint density at radius 3 is 2.89 bits per heavy atom. The minimum atomic E-state index is -0.362. The average Bonchev–Trinajstić information content (AvgIpc) is 2.67. The van der Waals surface area contributed by atoms with E-state index in [0.717, 1.165) is 11.1 Å². The molecule has 0 spiro atoms. The minimum Gasteiger partial charge on any atom is -0.399 e. The van der Waals surface area contributed by atoms with Crippen LogP contribution in [0.4, 0.5) is 5.69 Å². The predicted octanol–water partition coefficient (Wildman–Crippen LogP) is 0.565. The van der Waals surface area contributed by atoms with Crippen molar-refractivity contribution in [3.05, 3.63) is 29.3 Å². The van der Waals surface area contributed by atoms with Crippen LogP contribution in [0.15, 0.2) is 18.2 Å². The van der Waals surface area contributed by atoms with Crippen molar-refractivity contribution in [2.24, 2.45) is 0 Å². The highest BCUT2D eigenvalue weighted by Gasteiger charge is 2.36. The van der Waals surface area contributed by atoms with Gasteiger partial charge in [0.15, 0.2) is 0 Å². The number of nitrogens with one attached hydrogen (secondary N) is 1.